The van der Waals surface area contributed by atoms with E-state index in [2.05, 4.69) is 10.6 Å². The van der Waals surface area contributed by atoms with Crippen molar-refractivity contribution in [1.82, 2.24) is 5.32 Å². The van der Waals surface area contributed by atoms with Crippen LogP contribution in [0.15, 0.2) is 12.1 Å². The molecule has 0 fully saturated rings. The Morgan fingerprint density at radius 3 is 2.15 bits per heavy atom. The van der Waals surface area contributed by atoms with Crippen LogP contribution >= 0.6 is 0 Å². The van der Waals surface area contributed by atoms with Crippen LogP contribution in [0.3, 0.4) is 0 Å². The van der Waals surface area contributed by atoms with Crippen LogP contribution in [0.25, 0.3) is 0 Å². The molecular formula is C13H17F3N2O2. The molecule has 0 aromatic heterocycles. The normalized spacial score (nSPS) is 11.3. The van der Waals surface area contributed by atoms with E-state index in [1.807, 2.05) is 0 Å². The van der Waals surface area contributed by atoms with Crippen LogP contribution in [0.5, 0.6) is 0 Å². The zero-order chi connectivity index (χ0) is 15.3. The molecule has 0 bridgehead atoms. The topological polar surface area (TPSA) is 61.4 Å². The quantitative estimate of drug-likeness (QED) is 0.730. The fourth-order valence-electron chi connectivity index (χ4n) is 1.55. The molecule has 1 aromatic rings. The molecule has 0 saturated carbocycles. The number of aliphatic hydroxyl groups is 1. The van der Waals surface area contributed by atoms with Crippen LogP contribution in [-0.4, -0.2) is 23.3 Å². The van der Waals surface area contributed by atoms with Crippen molar-refractivity contribution >= 4 is 11.7 Å². The molecule has 0 aliphatic carbocycles. The van der Waals surface area contributed by atoms with E-state index in [4.69, 9.17) is 0 Å². The van der Waals surface area contributed by atoms with E-state index in [9.17, 15) is 23.1 Å². The fourth-order valence-corrected chi connectivity index (χ4v) is 1.55. The molecule has 1 rings (SSSR count). The highest BCUT2D eigenvalue weighted by Gasteiger charge is 2.22. The number of benzene rings is 1. The van der Waals surface area contributed by atoms with Gasteiger partial charge in [-0.25, -0.2) is 18.0 Å². The van der Waals surface area contributed by atoms with Gasteiger partial charge in [0.1, 0.15) is 0 Å². The van der Waals surface area contributed by atoms with E-state index in [0.29, 0.717) is 25.0 Å². The summed E-state index contributed by atoms with van der Waals surface area (Å²) in [6.07, 6.45) is 0.896. The van der Waals surface area contributed by atoms with Crippen molar-refractivity contribution in [3.8, 4) is 0 Å². The van der Waals surface area contributed by atoms with Crippen molar-refractivity contribution in [2.45, 2.75) is 32.3 Å². The highest BCUT2D eigenvalue weighted by molar-refractivity contribution is 5.89. The van der Waals surface area contributed by atoms with E-state index in [-0.39, 0.29) is 12.2 Å². The number of nitrogens with one attached hydrogen (secondary N) is 2. The summed E-state index contributed by atoms with van der Waals surface area (Å²) in [4.78, 5) is 11.5. The zero-order valence-electron chi connectivity index (χ0n) is 11.3. The molecule has 112 valence electrons. The van der Waals surface area contributed by atoms with Gasteiger partial charge in [-0.15, -0.1) is 0 Å². The Balaban J connectivity index is 2.63. The standard InChI is InChI=1S/C13H17F3N2O2/c1-3-13(20,4-2)7-17-12(19)18-8-5-9(14)11(16)10(15)6-8/h5-6,20H,3-4,7H2,1-2H3,(H2,17,18,19). The molecule has 1 aromatic carbocycles. The summed E-state index contributed by atoms with van der Waals surface area (Å²) in [5.74, 6) is -4.37. The van der Waals surface area contributed by atoms with Gasteiger partial charge in [0, 0.05) is 24.4 Å². The van der Waals surface area contributed by atoms with Gasteiger partial charge in [0.05, 0.1) is 5.60 Å². The number of hydrogen-bond acceptors (Lipinski definition) is 2. The van der Waals surface area contributed by atoms with E-state index < -0.39 is 29.1 Å². The van der Waals surface area contributed by atoms with Gasteiger partial charge >= 0.3 is 6.03 Å². The smallest absolute Gasteiger partial charge is 0.319 e. The van der Waals surface area contributed by atoms with Gasteiger partial charge in [-0.1, -0.05) is 13.8 Å². The second kappa shape index (κ2) is 6.60. The molecule has 0 heterocycles. The minimum Gasteiger partial charge on any atom is -0.388 e. The van der Waals surface area contributed by atoms with Crippen LogP contribution in [-0.2, 0) is 0 Å². The molecule has 2 amide bonds. The molecule has 0 aliphatic rings. The molecule has 7 heteroatoms. The van der Waals surface area contributed by atoms with Crippen LogP contribution in [0.1, 0.15) is 26.7 Å². The van der Waals surface area contributed by atoms with E-state index in [1.54, 1.807) is 13.8 Å². The summed E-state index contributed by atoms with van der Waals surface area (Å²) < 4.78 is 38.6. The number of anilines is 1. The van der Waals surface area contributed by atoms with Gasteiger partial charge in [0.15, 0.2) is 17.5 Å². The van der Waals surface area contributed by atoms with Crippen molar-refractivity contribution in [3.05, 3.63) is 29.6 Å². The maximum Gasteiger partial charge on any atom is 0.319 e. The first-order chi connectivity index (χ1) is 9.31. The molecule has 4 nitrogen and oxygen atoms in total. The van der Waals surface area contributed by atoms with E-state index in [1.165, 1.54) is 0 Å². The van der Waals surface area contributed by atoms with Gasteiger partial charge in [-0.3, -0.25) is 0 Å². The van der Waals surface area contributed by atoms with Crippen molar-refractivity contribution in [2.24, 2.45) is 0 Å². The first-order valence-electron chi connectivity index (χ1n) is 6.23. The first-order valence-corrected chi connectivity index (χ1v) is 6.23. The third-order valence-electron chi connectivity index (χ3n) is 3.14. The average molecular weight is 290 g/mol. The number of halogens is 3. The number of urea groups is 1. The summed E-state index contributed by atoms with van der Waals surface area (Å²) in [5.41, 5.74) is -1.24. The SMILES string of the molecule is CCC(O)(CC)CNC(=O)Nc1cc(F)c(F)c(F)c1. The summed E-state index contributed by atoms with van der Waals surface area (Å²) in [5, 5.41) is 14.5. The predicted octanol–water partition coefficient (Wildman–Crippen LogP) is 2.78. The second-order valence-electron chi connectivity index (χ2n) is 4.49. The van der Waals surface area contributed by atoms with Crippen LogP contribution < -0.4 is 10.6 Å². The molecule has 0 unspecified atom stereocenters. The molecular weight excluding hydrogens is 273 g/mol. The maximum atomic E-state index is 12.9. The Bertz CT molecular complexity index is 467. The molecule has 3 N–H and O–H groups in total. The number of amides is 2. The minimum atomic E-state index is -1.60. The summed E-state index contributed by atoms with van der Waals surface area (Å²) in [6, 6.07) is 0.601. The molecule has 0 saturated heterocycles. The Morgan fingerprint density at radius 2 is 1.70 bits per heavy atom. The van der Waals surface area contributed by atoms with E-state index in [0.717, 1.165) is 0 Å². The monoisotopic (exact) mass is 290 g/mol. The van der Waals surface area contributed by atoms with Crippen molar-refractivity contribution < 1.29 is 23.1 Å². The third kappa shape index (κ3) is 4.12. The molecule has 20 heavy (non-hydrogen) atoms. The van der Waals surface area contributed by atoms with Gasteiger partial charge in [-0.05, 0) is 12.8 Å². The highest BCUT2D eigenvalue weighted by Crippen LogP contribution is 2.17. The van der Waals surface area contributed by atoms with E-state index >= 15 is 0 Å². The Labute approximate surface area is 115 Å². The van der Waals surface area contributed by atoms with Gasteiger partial charge in [0.2, 0.25) is 0 Å². The number of hydrogen-bond donors (Lipinski definition) is 3. The number of rotatable bonds is 5. The van der Waals surface area contributed by atoms with Crippen LogP contribution in [0, 0.1) is 17.5 Å². The largest absolute Gasteiger partial charge is 0.388 e. The summed E-state index contributed by atoms with van der Waals surface area (Å²) in [6.45, 7) is 3.54. The third-order valence-corrected chi connectivity index (χ3v) is 3.14. The van der Waals surface area contributed by atoms with Crippen molar-refractivity contribution in [3.63, 3.8) is 0 Å². The molecule has 0 radical (unpaired) electrons. The lowest BCUT2D eigenvalue weighted by molar-refractivity contribution is 0.0354. The highest BCUT2D eigenvalue weighted by atomic mass is 19.2. The van der Waals surface area contributed by atoms with Gasteiger partial charge < -0.3 is 15.7 Å². The lowest BCUT2D eigenvalue weighted by atomic mass is 9.98. The lowest BCUT2D eigenvalue weighted by Crippen LogP contribution is -2.43. The Hall–Kier alpha value is -1.76. The Kier molecular flexibility index (Phi) is 5.38. The van der Waals surface area contributed by atoms with Gasteiger partial charge in [-0.2, -0.15) is 0 Å². The summed E-state index contributed by atoms with van der Waals surface area (Å²) in [7, 11) is 0. The van der Waals surface area contributed by atoms with Crippen LogP contribution in [0.4, 0.5) is 23.7 Å². The molecule has 0 spiro atoms. The average Bonchev–Trinajstić information content (AvgIpc) is 2.42. The number of carbonyl (C=O) groups excluding carboxylic acids is 1. The lowest BCUT2D eigenvalue weighted by Gasteiger charge is -2.25. The molecule has 0 atom stereocenters. The summed E-state index contributed by atoms with van der Waals surface area (Å²) >= 11 is 0. The second-order valence-corrected chi connectivity index (χ2v) is 4.49. The predicted molar refractivity (Wildman–Crippen MR) is 68.9 cm³/mol. The minimum absolute atomic E-state index is 0.00199. The van der Waals surface area contributed by atoms with Crippen LogP contribution in [0.2, 0.25) is 0 Å². The number of carbonyl (C=O) groups is 1. The molecule has 0 aliphatic heterocycles. The Morgan fingerprint density at radius 1 is 1.20 bits per heavy atom. The zero-order valence-corrected chi connectivity index (χ0v) is 11.3. The fraction of sp³-hybridized carbons (Fsp3) is 0.462. The maximum absolute atomic E-state index is 12.9. The van der Waals surface area contributed by atoms with Crippen molar-refractivity contribution in [2.75, 3.05) is 11.9 Å². The first kappa shape index (κ1) is 16.3. The van der Waals surface area contributed by atoms with Crippen molar-refractivity contribution in [1.29, 1.82) is 0 Å². The van der Waals surface area contributed by atoms with Gasteiger partial charge in [0.25, 0.3) is 0 Å².